The maximum atomic E-state index is 4.24. The lowest BCUT2D eigenvalue weighted by atomic mass is 9.98. The van der Waals surface area contributed by atoms with Gasteiger partial charge in [0.1, 0.15) is 5.01 Å². The monoisotopic (exact) mass is 248 g/mol. The zero-order chi connectivity index (χ0) is 12.3. The molecule has 0 fully saturated rings. The second-order valence-electron chi connectivity index (χ2n) is 4.84. The predicted octanol–water partition coefficient (Wildman–Crippen LogP) is 2.84. The van der Waals surface area contributed by atoms with Gasteiger partial charge in [-0.25, -0.2) is 0 Å². The molecule has 0 atom stereocenters. The number of anilines is 1. The Hall–Kier alpha value is -1.49. The third-order valence-electron chi connectivity index (χ3n) is 2.21. The fourth-order valence-electron chi connectivity index (χ4n) is 1.27. The van der Waals surface area contributed by atoms with Crippen LogP contribution in [0.2, 0.25) is 0 Å². The number of aromatic nitrogens is 3. The van der Waals surface area contributed by atoms with Crippen molar-refractivity contribution >= 4 is 16.5 Å². The highest BCUT2D eigenvalue weighted by atomic mass is 32.1. The fraction of sp³-hybridized carbons (Fsp3) is 0.417. The Morgan fingerprint density at radius 1 is 1.24 bits per heavy atom. The van der Waals surface area contributed by atoms with Crippen LogP contribution >= 0.6 is 11.3 Å². The lowest BCUT2D eigenvalue weighted by Crippen LogP contribution is -2.10. The molecule has 0 spiro atoms. The molecule has 90 valence electrons. The largest absolute Gasteiger partial charge is 0.354 e. The van der Waals surface area contributed by atoms with Gasteiger partial charge in [-0.1, -0.05) is 38.2 Å². The Balaban J connectivity index is 1.99. The molecule has 2 rings (SSSR count). The number of pyridine rings is 1. The number of nitrogens with one attached hydrogen (secondary N) is 1. The van der Waals surface area contributed by atoms with Crippen molar-refractivity contribution in [3.8, 4) is 0 Å². The summed E-state index contributed by atoms with van der Waals surface area (Å²) in [7, 11) is 0. The zero-order valence-electron chi connectivity index (χ0n) is 10.3. The van der Waals surface area contributed by atoms with Crippen molar-refractivity contribution in [2.24, 2.45) is 0 Å². The van der Waals surface area contributed by atoms with Crippen molar-refractivity contribution < 1.29 is 0 Å². The smallest absolute Gasteiger partial charge is 0.206 e. The van der Waals surface area contributed by atoms with E-state index in [1.54, 1.807) is 17.5 Å². The highest BCUT2D eigenvalue weighted by Crippen LogP contribution is 2.27. The van der Waals surface area contributed by atoms with Crippen LogP contribution in [0, 0.1) is 0 Å². The molecule has 4 nitrogen and oxygen atoms in total. The van der Waals surface area contributed by atoms with Gasteiger partial charge in [0.2, 0.25) is 5.13 Å². The second kappa shape index (κ2) is 4.79. The van der Waals surface area contributed by atoms with Crippen LogP contribution in [0.5, 0.6) is 0 Å². The molecule has 0 aromatic carbocycles. The van der Waals surface area contributed by atoms with Gasteiger partial charge in [0.05, 0.1) is 12.2 Å². The van der Waals surface area contributed by atoms with Crippen molar-refractivity contribution in [2.45, 2.75) is 32.7 Å². The van der Waals surface area contributed by atoms with E-state index in [9.17, 15) is 0 Å². The topological polar surface area (TPSA) is 50.7 Å². The van der Waals surface area contributed by atoms with Gasteiger partial charge in [0.15, 0.2) is 0 Å². The van der Waals surface area contributed by atoms with E-state index < -0.39 is 0 Å². The molecular formula is C12H16N4S. The standard InChI is InChI=1S/C12H16N4S/c1-12(2,3)10-15-16-11(17-10)14-8-9-6-4-5-7-13-9/h4-7H,8H2,1-3H3,(H,14,16). The van der Waals surface area contributed by atoms with E-state index in [-0.39, 0.29) is 5.41 Å². The first kappa shape index (κ1) is 12.0. The molecule has 0 aliphatic carbocycles. The summed E-state index contributed by atoms with van der Waals surface area (Å²) in [6, 6.07) is 5.87. The van der Waals surface area contributed by atoms with E-state index in [2.05, 4.69) is 41.3 Å². The minimum Gasteiger partial charge on any atom is -0.354 e. The molecule has 0 saturated heterocycles. The summed E-state index contributed by atoms with van der Waals surface area (Å²) < 4.78 is 0. The van der Waals surface area contributed by atoms with Crippen LogP contribution in [-0.4, -0.2) is 15.2 Å². The van der Waals surface area contributed by atoms with Crippen LogP contribution < -0.4 is 5.32 Å². The van der Waals surface area contributed by atoms with Gasteiger partial charge in [0, 0.05) is 11.6 Å². The van der Waals surface area contributed by atoms with E-state index in [1.165, 1.54) is 0 Å². The molecule has 0 amide bonds. The predicted molar refractivity (Wildman–Crippen MR) is 70.2 cm³/mol. The molecule has 0 bridgehead atoms. The van der Waals surface area contributed by atoms with Crippen LogP contribution in [0.4, 0.5) is 5.13 Å². The van der Waals surface area contributed by atoms with E-state index in [0.29, 0.717) is 6.54 Å². The second-order valence-corrected chi connectivity index (χ2v) is 5.81. The SMILES string of the molecule is CC(C)(C)c1nnc(NCc2ccccn2)s1. The molecule has 17 heavy (non-hydrogen) atoms. The van der Waals surface area contributed by atoms with Crippen LogP contribution in [0.3, 0.4) is 0 Å². The molecule has 2 heterocycles. The van der Waals surface area contributed by atoms with Crippen molar-refractivity contribution in [2.75, 3.05) is 5.32 Å². The third-order valence-corrected chi connectivity index (χ3v) is 3.52. The van der Waals surface area contributed by atoms with Crippen molar-refractivity contribution in [1.82, 2.24) is 15.2 Å². The van der Waals surface area contributed by atoms with Gasteiger partial charge in [-0.15, -0.1) is 10.2 Å². The Labute approximate surface area is 105 Å². The van der Waals surface area contributed by atoms with E-state index >= 15 is 0 Å². The summed E-state index contributed by atoms with van der Waals surface area (Å²) in [5.41, 5.74) is 1.06. The molecule has 5 heteroatoms. The maximum Gasteiger partial charge on any atom is 0.206 e. The maximum absolute atomic E-state index is 4.24. The van der Waals surface area contributed by atoms with E-state index in [0.717, 1.165) is 15.8 Å². The normalized spacial score (nSPS) is 11.5. The summed E-state index contributed by atoms with van der Waals surface area (Å²) in [5, 5.41) is 13.4. The van der Waals surface area contributed by atoms with Crippen LogP contribution in [0.15, 0.2) is 24.4 Å². The summed E-state index contributed by atoms with van der Waals surface area (Å²) in [4.78, 5) is 4.24. The highest BCUT2D eigenvalue weighted by Gasteiger charge is 2.19. The van der Waals surface area contributed by atoms with Crippen LogP contribution in [0.25, 0.3) is 0 Å². The van der Waals surface area contributed by atoms with E-state index in [4.69, 9.17) is 0 Å². The summed E-state index contributed by atoms with van der Waals surface area (Å²) >= 11 is 1.60. The van der Waals surface area contributed by atoms with Gasteiger partial charge in [-0.3, -0.25) is 4.98 Å². The molecule has 0 aliphatic heterocycles. The van der Waals surface area contributed by atoms with Gasteiger partial charge in [-0.05, 0) is 12.1 Å². The summed E-state index contributed by atoms with van der Waals surface area (Å²) in [6.07, 6.45) is 1.79. The molecule has 0 unspecified atom stereocenters. The fourth-order valence-corrected chi connectivity index (χ4v) is 2.06. The molecule has 1 N–H and O–H groups in total. The average molecular weight is 248 g/mol. The molecule has 2 aromatic rings. The number of nitrogens with zero attached hydrogens (tertiary/aromatic N) is 3. The quantitative estimate of drug-likeness (QED) is 0.907. The first-order valence-electron chi connectivity index (χ1n) is 5.53. The van der Waals surface area contributed by atoms with Gasteiger partial charge >= 0.3 is 0 Å². The number of hydrogen-bond acceptors (Lipinski definition) is 5. The third kappa shape index (κ3) is 3.23. The van der Waals surface area contributed by atoms with Crippen molar-refractivity contribution in [3.63, 3.8) is 0 Å². The summed E-state index contributed by atoms with van der Waals surface area (Å²) in [6.45, 7) is 7.09. The Kier molecular flexibility index (Phi) is 3.38. The number of rotatable bonds is 3. The van der Waals surface area contributed by atoms with Crippen LogP contribution in [0.1, 0.15) is 31.5 Å². The minimum atomic E-state index is 0.0581. The summed E-state index contributed by atoms with van der Waals surface area (Å²) in [5.74, 6) is 0. The number of hydrogen-bond donors (Lipinski definition) is 1. The Morgan fingerprint density at radius 2 is 2.06 bits per heavy atom. The lowest BCUT2D eigenvalue weighted by molar-refractivity contribution is 0.578. The Morgan fingerprint density at radius 3 is 2.65 bits per heavy atom. The average Bonchev–Trinajstić information content (AvgIpc) is 2.76. The molecule has 0 radical (unpaired) electrons. The first-order chi connectivity index (χ1) is 8.05. The minimum absolute atomic E-state index is 0.0581. The highest BCUT2D eigenvalue weighted by molar-refractivity contribution is 7.15. The molecule has 2 aromatic heterocycles. The van der Waals surface area contributed by atoms with Crippen molar-refractivity contribution in [3.05, 3.63) is 35.1 Å². The first-order valence-corrected chi connectivity index (χ1v) is 6.35. The lowest BCUT2D eigenvalue weighted by Gasteiger charge is -2.12. The Bertz CT molecular complexity index is 473. The van der Waals surface area contributed by atoms with E-state index in [1.807, 2.05) is 18.2 Å². The van der Waals surface area contributed by atoms with Gasteiger partial charge < -0.3 is 5.32 Å². The zero-order valence-corrected chi connectivity index (χ0v) is 11.1. The van der Waals surface area contributed by atoms with Crippen LogP contribution in [-0.2, 0) is 12.0 Å². The molecule has 0 saturated carbocycles. The molecular weight excluding hydrogens is 232 g/mol. The van der Waals surface area contributed by atoms with Gasteiger partial charge in [-0.2, -0.15) is 0 Å². The van der Waals surface area contributed by atoms with Gasteiger partial charge in [0.25, 0.3) is 0 Å². The van der Waals surface area contributed by atoms with Crippen molar-refractivity contribution in [1.29, 1.82) is 0 Å². The molecule has 0 aliphatic rings.